The van der Waals surface area contributed by atoms with Crippen LogP contribution in [0.15, 0.2) is 17.1 Å². The van der Waals surface area contributed by atoms with E-state index in [2.05, 4.69) is 11.9 Å². The maximum Gasteiger partial charge on any atom is 0.222 e. The van der Waals surface area contributed by atoms with Crippen molar-refractivity contribution in [3.8, 4) is 5.75 Å². The van der Waals surface area contributed by atoms with Gasteiger partial charge in [0.15, 0.2) is 12.4 Å². The van der Waals surface area contributed by atoms with E-state index in [1.54, 1.807) is 6.08 Å². The van der Waals surface area contributed by atoms with E-state index in [1.807, 2.05) is 6.07 Å². The van der Waals surface area contributed by atoms with E-state index in [1.165, 1.54) is 0 Å². The number of allylic oxidation sites excluding steroid dienone is 2. The highest BCUT2D eigenvalue weighted by Gasteiger charge is 2.45. The van der Waals surface area contributed by atoms with Crippen molar-refractivity contribution in [1.82, 2.24) is 0 Å². The number of carbonyl (C=O) groups is 1. The number of nitrogens with zero attached hydrogens (tertiary/aromatic N) is 1. The maximum atomic E-state index is 12.1. The predicted molar refractivity (Wildman–Crippen MR) is 103 cm³/mol. The first-order chi connectivity index (χ1) is 12.5. The molecule has 138 valence electrons. The molecule has 0 aromatic heterocycles. The molecule has 0 bridgehead atoms. The number of hydrogen-bond acceptors (Lipinski definition) is 4. The summed E-state index contributed by atoms with van der Waals surface area (Å²) in [6.45, 7) is 3.69. The summed E-state index contributed by atoms with van der Waals surface area (Å²) in [4.78, 5) is 16.3. The zero-order valence-electron chi connectivity index (χ0n) is 14.7. The number of aliphatic imine (C=N–C) groups is 1. The molecule has 0 fully saturated rings. The topological polar surface area (TPSA) is 47.9 Å². The van der Waals surface area contributed by atoms with Crippen LogP contribution in [0.3, 0.4) is 0 Å². The number of benzene rings is 1. The fourth-order valence-corrected chi connectivity index (χ4v) is 4.91. The first-order valence-electron chi connectivity index (χ1n) is 9.09. The summed E-state index contributed by atoms with van der Waals surface area (Å²) in [6, 6.07) is 1.97. The highest BCUT2D eigenvalue weighted by atomic mass is 35.5. The van der Waals surface area contributed by atoms with Crippen molar-refractivity contribution >= 4 is 40.5 Å². The van der Waals surface area contributed by atoms with Gasteiger partial charge in [-0.1, -0.05) is 36.5 Å². The average molecular weight is 394 g/mol. The molecule has 6 heteroatoms. The largest absolute Gasteiger partial charge is 0.482 e. The van der Waals surface area contributed by atoms with Crippen LogP contribution in [-0.4, -0.2) is 31.4 Å². The Labute approximate surface area is 163 Å². The van der Waals surface area contributed by atoms with Gasteiger partial charge in [0.05, 0.1) is 11.6 Å². The fraction of sp³-hybridized carbons (Fsp3) is 0.500. The molecule has 3 aliphatic rings. The van der Waals surface area contributed by atoms with E-state index in [0.717, 1.165) is 42.4 Å². The van der Waals surface area contributed by atoms with Gasteiger partial charge >= 0.3 is 0 Å². The number of fused-ring (bicyclic) bond motifs is 3. The molecule has 0 saturated heterocycles. The van der Waals surface area contributed by atoms with Crippen molar-refractivity contribution in [1.29, 1.82) is 0 Å². The lowest BCUT2D eigenvalue weighted by Gasteiger charge is -2.33. The molecular weight excluding hydrogens is 373 g/mol. The van der Waals surface area contributed by atoms with Crippen molar-refractivity contribution in [2.75, 3.05) is 19.8 Å². The van der Waals surface area contributed by atoms with E-state index in [-0.39, 0.29) is 17.8 Å². The molecule has 0 spiro atoms. The molecule has 1 aliphatic heterocycles. The summed E-state index contributed by atoms with van der Waals surface area (Å²) in [5.41, 5.74) is 3.10. The van der Waals surface area contributed by atoms with E-state index < -0.39 is 0 Å². The van der Waals surface area contributed by atoms with Crippen molar-refractivity contribution in [3.63, 3.8) is 0 Å². The smallest absolute Gasteiger partial charge is 0.222 e. The summed E-state index contributed by atoms with van der Waals surface area (Å²) in [5.74, 6) is 1.30. The van der Waals surface area contributed by atoms with Crippen molar-refractivity contribution in [2.45, 2.75) is 39.0 Å². The summed E-state index contributed by atoms with van der Waals surface area (Å²) in [6.07, 6.45) is 6.23. The Morgan fingerprint density at radius 3 is 2.92 bits per heavy atom. The second-order valence-corrected chi connectivity index (χ2v) is 7.94. The Bertz CT molecular complexity index is 831. The van der Waals surface area contributed by atoms with Gasteiger partial charge in [-0.15, -0.1) is 0 Å². The number of hydrogen-bond donors (Lipinski definition) is 0. The molecule has 0 amide bonds. The molecule has 1 heterocycles. The number of ketones is 1. The maximum absolute atomic E-state index is 12.1. The van der Waals surface area contributed by atoms with Gasteiger partial charge in [0.25, 0.3) is 0 Å². The second kappa shape index (κ2) is 6.90. The molecule has 0 saturated carbocycles. The van der Waals surface area contributed by atoms with Gasteiger partial charge in [-0.05, 0) is 42.5 Å². The van der Waals surface area contributed by atoms with Crippen LogP contribution < -0.4 is 4.74 Å². The minimum atomic E-state index is -0.00473. The summed E-state index contributed by atoms with van der Waals surface area (Å²) in [7, 11) is 0. The van der Waals surface area contributed by atoms with Gasteiger partial charge in [-0.3, -0.25) is 4.79 Å². The number of carbonyl (C=O) groups excluding carboxylic acids is 1. The molecule has 0 unspecified atom stereocenters. The van der Waals surface area contributed by atoms with Crippen LogP contribution in [0.1, 0.15) is 43.7 Å². The molecule has 4 nitrogen and oxygen atoms in total. The molecular formula is C20H21Cl2NO3. The van der Waals surface area contributed by atoms with E-state index in [4.69, 9.17) is 32.7 Å². The summed E-state index contributed by atoms with van der Waals surface area (Å²) >= 11 is 13.1. The molecule has 0 radical (unpaired) electrons. The van der Waals surface area contributed by atoms with Crippen LogP contribution in [0.5, 0.6) is 5.75 Å². The highest BCUT2D eigenvalue weighted by molar-refractivity contribution is 6.44. The SMILES string of the molecule is CCC[C@]12CCC(=O)C=C1c1c(cc(OCC3=NCCO3)c(Cl)c1Cl)C2. The van der Waals surface area contributed by atoms with Gasteiger partial charge in [-0.25, -0.2) is 4.99 Å². The van der Waals surface area contributed by atoms with Crippen LogP contribution in [-0.2, 0) is 16.0 Å². The van der Waals surface area contributed by atoms with E-state index in [0.29, 0.717) is 41.3 Å². The predicted octanol–water partition coefficient (Wildman–Crippen LogP) is 4.89. The Morgan fingerprint density at radius 2 is 2.19 bits per heavy atom. The molecule has 1 aromatic rings. The monoisotopic (exact) mass is 393 g/mol. The minimum absolute atomic E-state index is 0.00473. The Balaban J connectivity index is 1.71. The van der Waals surface area contributed by atoms with E-state index >= 15 is 0 Å². The third kappa shape index (κ3) is 2.93. The lowest BCUT2D eigenvalue weighted by molar-refractivity contribution is -0.115. The Hall–Kier alpha value is -1.52. The normalized spacial score (nSPS) is 23.9. The standard InChI is InChI=1S/C20H21Cl2NO3/c1-2-4-20-5-3-13(24)9-14(20)17-12(10-20)8-15(18(21)19(17)22)26-11-16-23-6-7-25-16/h8-9H,2-7,10-11H2,1H3/t20-/m1/s1. The quantitative estimate of drug-likeness (QED) is 0.715. The zero-order valence-corrected chi connectivity index (χ0v) is 16.3. The van der Waals surface area contributed by atoms with Gasteiger partial charge < -0.3 is 9.47 Å². The van der Waals surface area contributed by atoms with Crippen LogP contribution in [0, 0.1) is 5.41 Å². The van der Waals surface area contributed by atoms with Gasteiger partial charge in [-0.2, -0.15) is 0 Å². The highest BCUT2D eigenvalue weighted by Crippen LogP contribution is 2.58. The molecule has 1 atom stereocenters. The summed E-state index contributed by atoms with van der Waals surface area (Å²) < 4.78 is 11.2. The van der Waals surface area contributed by atoms with Gasteiger partial charge in [0.2, 0.25) is 5.90 Å². The summed E-state index contributed by atoms with van der Waals surface area (Å²) in [5, 5.41) is 0.864. The van der Waals surface area contributed by atoms with Crippen LogP contribution >= 0.6 is 23.2 Å². The second-order valence-electron chi connectivity index (χ2n) is 7.18. The lowest BCUT2D eigenvalue weighted by Crippen LogP contribution is -2.25. The molecule has 26 heavy (non-hydrogen) atoms. The first kappa shape index (κ1) is 17.9. The third-order valence-corrected chi connectivity index (χ3v) is 6.36. The fourth-order valence-electron chi connectivity index (χ4n) is 4.39. The van der Waals surface area contributed by atoms with Crippen LogP contribution in [0.4, 0.5) is 0 Å². The lowest BCUT2D eigenvalue weighted by atomic mass is 9.70. The third-order valence-electron chi connectivity index (χ3n) is 5.51. The Kier molecular flexibility index (Phi) is 4.74. The average Bonchev–Trinajstić information content (AvgIpc) is 3.23. The van der Waals surface area contributed by atoms with Crippen molar-refractivity contribution in [2.24, 2.45) is 10.4 Å². The minimum Gasteiger partial charge on any atom is -0.482 e. The number of rotatable bonds is 5. The van der Waals surface area contributed by atoms with Gasteiger partial charge in [0, 0.05) is 17.4 Å². The molecule has 1 aromatic carbocycles. The van der Waals surface area contributed by atoms with Crippen LogP contribution in [0.25, 0.3) is 5.57 Å². The zero-order chi connectivity index (χ0) is 18.3. The number of ether oxygens (including phenoxy) is 2. The van der Waals surface area contributed by atoms with Crippen molar-refractivity contribution < 1.29 is 14.3 Å². The molecule has 0 N–H and O–H groups in total. The van der Waals surface area contributed by atoms with Crippen LogP contribution in [0.2, 0.25) is 10.0 Å². The number of halogens is 2. The molecule has 4 rings (SSSR count). The van der Waals surface area contributed by atoms with E-state index in [9.17, 15) is 4.79 Å². The Morgan fingerprint density at radius 1 is 1.35 bits per heavy atom. The van der Waals surface area contributed by atoms with Crippen molar-refractivity contribution in [3.05, 3.63) is 33.3 Å². The first-order valence-corrected chi connectivity index (χ1v) is 9.85. The van der Waals surface area contributed by atoms with Gasteiger partial charge in [0.1, 0.15) is 17.4 Å². The molecule has 2 aliphatic carbocycles.